The molecule has 1 aliphatic rings. The predicted octanol–water partition coefficient (Wildman–Crippen LogP) is 4.94. The first-order valence-corrected chi connectivity index (χ1v) is 12.0. The van der Waals surface area contributed by atoms with Gasteiger partial charge in [-0.25, -0.2) is 9.37 Å². The van der Waals surface area contributed by atoms with Crippen molar-refractivity contribution in [2.24, 2.45) is 5.41 Å². The SMILES string of the molecule is CSc1cccc(Oc2ncc(F)cc2C(=O)NC2CCC(NC(=O)C(C)(C)C)CC2)c1. The van der Waals surface area contributed by atoms with Gasteiger partial charge >= 0.3 is 0 Å². The Morgan fingerprint density at radius 2 is 1.75 bits per heavy atom. The maximum Gasteiger partial charge on any atom is 0.257 e. The van der Waals surface area contributed by atoms with E-state index in [1.54, 1.807) is 17.8 Å². The fourth-order valence-electron chi connectivity index (χ4n) is 3.49. The molecular weight excluding hydrogens is 429 g/mol. The summed E-state index contributed by atoms with van der Waals surface area (Å²) in [6.45, 7) is 5.66. The van der Waals surface area contributed by atoms with Crippen molar-refractivity contribution in [3.63, 3.8) is 0 Å². The topological polar surface area (TPSA) is 80.3 Å². The number of carbonyl (C=O) groups excluding carboxylic acids is 2. The van der Waals surface area contributed by atoms with Crippen molar-refractivity contribution >= 4 is 23.6 Å². The van der Waals surface area contributed by atoms with Crippen LogP contribution in [-0.4, -0.2) is 35.1 Å². The van der Waals surface area contributed by atoms with Gasteiger partial charge in [-0.15, -0.1) is 11.8 Å². The van der Waals surface area contributed by atoms with Crippen molar-refractivity contribution in [2.45, 2.75) is 63.4 Å². The highest BCUT2D eigenvalue weighted by Crippen LogP contribution is 2.28. The molecule has 0 saturated heterocycles. The van der Waals surface area contributed by atoms with E-state index >= 15 is 0 Å². The highest BCUT2D eigenvalue weighted by atomic mass is 32.2. The quantitative estimate of drug-likeness (QED) is 0.598. The molecule has 8 heteroatoms. The Kier molecular flexibility index (Phi) is 7.77. The van der Waals surface area contributed by atoms with Crippen LogP contribution >= 0.6 is 11.8 Å². The van der Waals surface area contributed by atoms with Gasteiger partial charge < -0.3 is 15.4 Å². The Labute approximate surface area is 192 Å². The zero-order valence-corrected chi connectivity index (χ0v) is 19.7. The molecule has 1 aromatic carbocycles. The van der Waals surface area contributed by atoms with Gasteiger partial charge in [0.15, 0.2) is 0 Å². The van der Waals surface area contributed by atoms with E-state index in [-0.39, 0.29) is 29.4 Å². The van der Waals surface area contributed by atoms with Crippen molar-refractivity contribution in [1.82, 2.24) is 15.6 Å². The molecule has 1 aromatic heterocycles. The molecule has 0 aliphatic heterocycles. The summed E-state index contributed by atoms with van der Waals surface area (Å²) in [4.78, 5) is 30.1. The van der Waals surface area contributed by atoms with Crippen LogP contribution in [0.3, 0.4) is 0 Å². The van der Waals surface area contributed by atoms with Crippen molar-refractivity contribution in [3.8, 4) is 11.6 Å². The fraction of sp³-hybridized carbons (Fsp3) is 0.458. The van der Waals surface area contributed by atoms with Crippen LogP contribution in [0.4, 0.5) is 4.39 Å². The molecule has 2 amide bonds. The van der Waals surface area contributed by atoms with E-state index in [0.717, 1.165) is 42.8 Å². The highest BCUT2D eigenvalue weighted by Gasteiger charge is 2.28. The number of halogens is 1. The maximum atomic E-state index is 13.9. The molecule has 1 fully saturated rings. The van der Waals surface area contributed by atoms with Crippen LogP contribution in [0.1, 0.15) is 56.8 Å². The number of amides is 2. The first-order chi connectivity index (χ1) is 15.2. The van der Waals surface area contributed by atoms with E-state index in [1.807, 2.05) is 45.2 Å². The van der Waals surface area contributed by atoms with Crippen LogP contribution < -0.4 is 15.4 Å². The first kappa shape index (κ1) is 24.0. The Balaban J connectivity index is 1.63. The molecule has 0 spiro atoms. The van der Waals surface area contributed by atoms with Gasteiger partial charge in [-0.05, 0) is 56.2 Å². The molecule has 172 valence electrons. The summed E-state index contributed by atoms with van der Waals surface area (Å²) in [5, 5.41) is 6.06. The molecule has 1 heterocycles. The second-order valence-electron chi connectivity index (χ2n) is 9.03. The number of aromatic nitrogens is 1. The molecule has 1 aliphatic carbocycles. The lowest BCUT2D eigenvalue weighted by Gasteiger charge is -2.31. The van der Waals surface area contributed by atoms with Gasteiger partial charge in [0.2, 0.25) is 11.8 Å². The van der Waals surface area contributed by atoms with Crippen LogP contribution in [0.25, 0.3) is 0 Å². The second kappa shape index (κ2) is 10.3. The van der Waals surface area contributed by atoms with Gasteiger partial charge in [-0.2, -0.15) is 0 Å². The van der Waals surface area contributed by atoms with E-state index in [1.165, 1.54) is 0 Å². The number of benzene rings is 1. The molecule has 2 N–H and O–H groups in total. The molecular formula is C24H30FN3O3S. The van der Waals surface area contributed by atoms with Gasteiger partial charge in [-0.1, -0.05) is 26.8 Å². The summed E-state index contributed by atoms with van der Waals surface area (Å²) in [7, 11) is 0. The van der Waals surface area contributed by atoms with Crippen molar-refractivity contribution in [3.05, 3.63) is 47.9 Å². The van der Waals surface area contributed by atoms with Gasteiger partial charge in [0.1, 0.15) is 17.1 Å². The van der Waals surface area contributed by atoms with Gasteiger partial charge in [-0.3, -0.25) is 9.59 Å². The van der Waals surface area contributed by atoms with E-state index in [4.69, 9.17) is 4.74 Å². The third-order valence-electron chi connectivity index (χ3n) is 5.40. The number of nitrogens with one attached hydrogen (secondary N) is 2. The molecule has 0 atom stereocenters. The van der Waals surface area contributed by atoms with Crippen molar-refractivity contribution < 1.29 is 18.7 Å². The third-order valence-corrected chi connectivity index (χ3v) is 6.12. The number of thioether (sulfide) groups is 1. The van der Waals surface area contributed by atoms with Crippen molar-refractivity contribution in [2.75, 3.05) is 6.26 Å². The summed E-state index contributed by atoms with van der Waals surface area (Å²) in [6.07, 6.45) is 6.01. The summed E-state index contributed by atoms with van der Waals surface area (Å²) in [6, 6.07) is 8.59. The monoisotopic (exact) mass is 459 g/mol. The van der Waals surface area contributed by atoms with Gasteiger partial charge in [0.05, 0.1) is 6.20 Å². The molecule has 6 nitrogen and oxygen atoms in total. The van der Waals surface area contributed by atoms with Crippen LogP contribution in [0.15, 0.2) is 41.4 Å². The van der Waals surface area contributed by atoms with Crippen LogP contribution in [0, 0.1) is 11.2 Å². The molecule has 0 unspecified atom stereocenters. The number of rotatable bonds is 6. The largest absolute Gasteiger partial charge is 0.438 e. The average Bonchev–Trinajstić information content (AvgIpc) is 2.75. The predicted molar refractivity (Wildman–Crippen MR) is 124 cm³/mol. The average molecular weight is 460 g/mol. The first-order valence-electron chi connectivity index (χ1n) is 10.7. The number of pyridine rings is 1. The molecule has 32 heavy (non-hydrogen) atoms. The Hall–Kier alpha value is -2.61. The van der Waals surface area contributed by atoms with Crippen LogP contribution in [0.2, 0.25) is 0 Å². The lowest BCUT2D eigenvalue weighted by Crippen LogP contribution is -2.46. The zero-order valence-electron chi connectivity index (χ0n) is 18.9. The fourth-order valence-corrected chi connectivity index (χ4v) is 3.94. The number of nitrogens with zero attached hydrogens (tertiary/aromatic N) is 1. The maximum absolute atomic E-state index is 13.9. The minimum atomic E-state index is -0.603. The number of carbonyl (C=O) groups is 2. The lowest BCUT2D eigenvalue weighted by atomic mass is 9.89. The third kappa shape index (κ3) is 6.45. The molecule has 0 radical (unpaired) electrons. The zero-order chi connectivity index (χ0) is 23.3. The Morgan fingerprint density at radius 3 is 2.38 bits per heavy atom. The second-order valence-corrected chi connectivity index (χ2v) is 9.91. The van der Waals surface area contributed by atoms with Crippen LogP contribution in [0.5, 0.6) is 11.6 Å². The summed E-state index contributed by atoms with van der Waals surface area (Å²) in [5.41, 5.74) is -0.371. The number of ether oxygens (including phenoxy) is 1. The van der Waals surface area contributed by atoms with Gasteiger partial charge in [0.25, 0.3) is 5.91 Å². The normalized spacial score (nSPS) is 18.7. The molecule has 3 rings (SSSR count). The summed E-state index contributed by atoms with van der Waals surface area (Å²) >= 11 is 1.57. The van der Waals surface area contributed by atoms with Gasteiger partial charge in [0, 0.05) is 22.4 Å². The van der Waals surface area contributed by atoms with E-state index in [0.29, 0.717) is 5.75 Å². The minimum absolute atomic E-state index is 0.0307. The standard InChI is InChI=1S/C24H30FN3O3S/c1-24(2,3)23(30)28-17-10-8-16(9-11-17)27-21(29)20-12-15(25)14-26-22(20)31-18-6-5-7-19(13-18)32-4/h5-7,12-14,16-17H,8-11H2,1-4H3,(H,27,29)(H,28,30). The van der Waals surface area contributed by atoms with Crippen molar-refractivity contribution in [1.29, 1.82) is 0 Å². The van der Waals surface area contributed by atoms with Crippen LogP contribution in [-0.2, 0) is 4.79 Å². The van der Waals surface area contributed by atoms with E-state index in [2.05, 4.69) is 15.6 Å². The smallest absolute Gasteiger partial charge is 0.257 e. The summed E-state index contributed by atoms with van der Waals surface area (Å²) < 4.78 is 19.7. The molecule has 2 aromatic rings. The Bertz CT molecular complexity index is 969. The number of hydrogen-bond acceptors (Lipinski definition) is 5. The highest BCUT2D eigenvalue weighted by molar-refractivity contribution is 7.98. The Morgan fingerprint density at radius 1 is 1.09 bits per heavy atom. The molecule has 1 saturated carbocycles. The summed E-state index contributed by atoms with van der Waals surface area (Å²) in [5.74, 6) is -0.402. The number of hydrogen-bond donors (Lipinski definition) is 2. The minimum Gasteiger partial charge on any atom is -0.438 e. The van der Waals surface area contributed by atoms with E-state index < -0.39 is 17.1 Å². The van der Waals surface area contributed by atoms with E-state index in [9.17, 15) is 14.0 Å². The molecule has 0 bridgehead atoms. The lowest BCUT2D eigenvalue weighted by molar-refractivity contribution is -0.129.